The van der Waals surface area contributed by atoms with Crippen molar-refractivity contribution in [2.75, 3.05) is 6.54 Å². The third kappa shape index (κ3) is 4.21. The van der Waals surface area contributed by atoms with E-state index in [1.165, 1.54) is 4.88 Å². The van der Waals surface area contributed by atoms with Crippen LogP contribution in [0.25, 0.3) is 0 Å². The SMILES string of the molecule is Cc1ccccc1O[C@@H]1CC[C@@H](NCC2CCc3sccc3C2=O)[C@H]1O.Cl. The topological polar surface area (TPSA) is 58.6 Å². The Morgan fingerprint density at radius 2 is 2.04 bits per heavy atom. The van der Waals surface area contributed by atoms with Crippen molar-refractivity contribution < 1.29 is 14.6 Å². The third-order valence-corrected chi connectivity index (χ3v) is 6.64. The number of fused-ring (bicyclic) bond motifs is 1. The largest absolute Gasteiger partial charge is 0.487 e. The van der Waals surface area contributed by atoms with E-state index < -0.39 is 6.10 Å². The minimum Gasteiger partial charge on any atom is -0.487 e. The Hall–Kier alpha value is -1.40. The van der Waals surface area contributed by atoms with Gasteiger partial charge in [-0.3, -0.25) is 4.79 Å². The Labute approximate surface area is 170 Å². The average Bonchev–Trinajstić information content (AvgIpc) is 3.25. The predicted molar refractivity (Wildman–Crippen MR) is 110 cm³/mol. The van der Waals surface area contributed by atoms with Gasteiger partial charge in [-0.05, 0) is 55.7 Å². The summed E-state index contributed by atoms with van der Waals surface area (Å²) in [6, 6.07) is 9.83. The summed E-state index contributed by atoms with van der Waals surface area (Å²) in [6.45, 7) is 2.65. The van der Waals surface area contributed by atoms with E-state index in [4.69, 9.17) is 4.74 Å². The molecule has 0 aliphatic heterocycles. The summed E-state index contributed by atoms with van der Waals surface area (Å²) < 4.78 is 6.04. The number of aliphatic hydroxyl groups is 1. The highest BCUT2D eigenvalue weighted by molar-refractivity contribution is 7.10. The molecule has 0 bridgehead atoms. The van der Waals surface area contributed by atoms with Crippen molar-refractivity contribution in [1.82, 2.24) is 5.32 Å². The molecule has 1 saturated carbocycles. The number of carbonyl (C=O) groups is 1. The lowest BCUT2D eigenvalue weighted by Gasteiger charge is -2.26. The van der Waals surface area contributed by atoms with E-state index in [1.807, 2.05) is 42.6 Å². The summed E-state index contributed by atoms with van der Waals surface area (Å²) >= 11 is 1.68. The molecule has 4 nitrogen and oxygen atoms in total. The first-order valence-corrected chi connectivity index (χ1v) is 10.3. The summed E-state index contributed by atoms with van der Waals surface area (Å²) in [5.74, 6) is 1.10. The molecular formula is C21H26ClNO3S. The van der Waals surface area contributed by atoms with Crippen LogP contribution in [0.15, 0.2) is 35.7 Å². The van der Waals surface area contributed by atoms with E-state index in [9.17, 15) is 9.90 Å². The molecule has 4 atom stereocenters. The fourth-order valence-corrected chi connectivity index (χ4v) is 4.95. The Morgan fingerprint density at radius 1 is 1.22 bits per heavy atom. The Bertz CT molecular complexity index is 793. The first kappa shape index (κ1) is 20.3. The molecule has 1 fully saturated rings. The smallest absolute Gasteiger partial charge is 0.168 e. The number of benzene rings is 1. The van der Waals surface area contributed by atoms with E-state index in [-0.39, 0.29) is 36.3 Å². The molecule has 0 radical (unpaired) electrons. The molecule has 2 aromatic rings. The van der Waals surface area contributed by atoms with Gasteiger partial charge in [0, 0.05) is 28.9 Å². The van der Waals surface area contributed by atoms with E-state index in [0.717, 1.165) is 42.6 Å². The van der Waals surface area contributed by atoms with Crippen molar-refractivity contribution in [1.29, 1.82) is 0 Å². The van der Waals surface area contributed by atoms with Crippen LogP contribution in [0.5, 0.6) is 5.75 Å². The molecule has 0 saturated heterocycles. The van der Waals surface area contributed by atoms with Crippen molar-refractivity contribution in [3.8, 4) is 5.75 Å². The molecule has 6 heteroatoms. The second-order valence-corrected chi connectivity index (χ2v) is 8.36. The quantitative estimate of drug-likeness (QED) is 0.791. The lowest BCUT2D eigenvalue weighted by molar-refractivity contribution is 0.0438. The van der Waals surface area contributed by atoms with Gasteiger partial charge in [0.1, 0.15) is 18.0 Å². The zero-order valence-electron chi connectivity index (χ0n) is 15.4. The van der Waals surface area contributed by atoms with Crippen molar-refractivity contribution in [2.24, 2.45) is 5.92 Å². The van der Waals surface area contributed by atoms with Crippen molar-refractivity contribution in [2.45, 2.75) is 50.9 Å². The summed E-state index contributed by atoms with van der Waals surface area (Å²) in [5, 5.41) is 16.1. The molecule has 1 aromatic heterocycles. The van der Waals surface area contributed by atoms with Crippen LogP contribution >= 0.6 is 23.7 Å². The first-order chi connectivity index (χ1) is 12.6. The molecule has 146 valence electrons. The summed E-state index contributed by atoms with van der Waals surface area (Å²) in [6.07, 6.45) is 2.81. The van der Waals surface area contributed by atoms with Gasteiger partial charge in [0.25, 0.3) is 0 Å². The van der Waals surface area contributed by atoms with Crippen LogP contribution in [0.1, 0.15) is 40.1 Å². The van der Waals surface area contributed by atoms with Gasteiger partial charge in [0.15, 0.2) is 5.78 Å². The van der Waals surface area contributed by atoms with Crippen LogP contribution in [-0.2, 0) is 6.42 Å². The van der Waals surface area contributed by atoms with Gasteiger partial charge in [-0.15, -0.1) is 23.7 Å². The summed E-state index contributed by atoms with van der Waals surface area (Å²) in [5.41, 5.74) is 1.98. The van der Waals surface area contributed by atoms with Gasteiger partial charge in [0.05, 0.1) is 0 Å². The van der Waals surface area contributed by atoms with Gasteiger partial charge in [-0.1, -0.05) is 18.2 Å². The molecule has 2 aliphatic rings. The number of nitrogens with one attached hydrogen (secondary N) is 1. The standard InChI is InChI=1S/C21H25NO3S.ClH/c1-13-4-2-3-5-17(13)25-18-8-7-16(21(18)24)22-12-14-6-9-19-15(20(14)23)10-11-26-19;/h2-5,10-11,14,16,18,21-22,24H,6-9,12H2,1H3;1H/t14?,16-,18-,21-;/m1./s1. The molecule has 0 amide bonds. The maximum Gasteiger partial charge on any atom is 0.168 e. The summed E-state index contributed by atoms with van der Waals surface area (Å²) in [7, 11) is 0. The number of hydrogen-bond donors (Lipinski definition) is 2. The normalized spacial score (nSPS) is 27.1. The number of aliphatic hydroxyl groups excluding tert-OH is 1. The molecular weight excluding hydrogens is 382 g/mol. The number of Topliss-reactive ketones (excluding diaryl/α,β-unsaturated/α-hetero) is 1. The maximum atomic E-state index is 12.6. The number of halogens is 1. The Morgan fingerprint density at radius 3 is 2.85 bits per heavy atom. The highest BCUT2D eigenvalue weighted by atomic mass is 35.5. The van der Waals surface area contributed by atoms with E-state index in [2.05, 4.69) is 5.32 Å². The van der Waals surface area contributed by atoms with Gasteiger partial charge < -0.3 is 15.2 Å². The lowest BCUT2D eigenvalue weighted by Crippen LogP contribution is -2.44. The Kier molecular flexibility index (Phi) is 6.58. The zero-order valence-corrected chi connectivity index (χ0v) is 17.0. The second-order valence-electron chi connectivity index (χ2n) is 7.36. The number of hydrogen-bond acceptors (Lipinski definition) is 5. The highest BCUT2D eigenvalue weighted by Crippen LogP contribution is 2.30. The minimum absolute atomic E-state index is 0. The molecule has 1 unspecified atom stereocenters. The molecule has 2 aliphatic carbocycles. The van der Waals surface area contributed by atoms with Crippen LogP contribution in [0.3, 0.4) is 0 Å². The molecule has 1 aromatic carbocycles. The number of para-hydroxylation sites is 1. The average molecular weight is 408 g/mol. The van der Waals surface area contributed by atoms with Gasteiger partial charge in [-0.25, -0.2) is 0 Å². The van der Waals surface area contributed by atoms with Crippen molar-refractivity contribution in [3.63, 3.8) is 0 Å². The fourth-order valence-electron chi connectivity index (χ4n) is 4.05. The number of ether oxygens (including phenoxy) is 1. The maximum absolute atomic E-state index is 12.6. The summed E-state index contributed by atoms with van der Waals surface area (Å²) in [4.78, 5) is 13.8. The number of thiophene rings is 1. The Balaban J connectivity index is 0.00000210. The number of aryl methyl sites for hydroxylation is 2. The zero-order chi connectivity index (χ0) is 18.1. The minimum atomic E-state index is -0.551. The third-order valence-electron chi connectivity index (χ3n) is 5.66. The van der Waals surface area contributed by atoms with Crippen molar-refractivity contribution in [3.05, 3.63) is 51.7 Å². The van der Waals surface area contributed by atoms with Gasteiger partial charge in [-0.2, -0.15) is 0 Å². The highest BCUT2D eigenvalue weighted by Gasteiger charge is 2.37. The van der Waals surface area contributed by atoms with E-state index in [0.29, 0.717) is 6.54 Å². The molecule has 4 rings (SSSR count). The van der Waals surface area contributed by atoms with Crippen LogP contribution < -0.4 is 10.1 Å². The van der Waals surface area contributed by atoms with E-state index >= 15 is 0 Å². The van der Waals surface area contributed by atoms with Crippen LogP contribution in [0, 0.1) is 12.8 Å². The van der Waals surface area contributed by atoms with Gasteiger partial charge >= 0.3 is 0 Å². The number of ketones is 1. The lowest BCUT2D eigenvalue weighted by atomic mass is 9.87. The molecule has 27 heavy (non-hydrogen) atoms. The van der Waals surface area contributed by atoms with Crippen LogP contribution in [-0.4, -0.2) is 35.7 Å². The predicted octanol–water partition coefficient (Wildman–Crippen LogP) is 3.78. The fraction of sp³-hybridized carbons (Fsp3) is 0.476. The number of carbonyl (C=O) groups excluding carboxylic acids is 1. The van der Waals surface area contributed by atoms with Crippen LogP contribution in [0.2, 0.25) is 0 Å². The molecule has 0 spiro atoms. The van der Waals surface area contributed by atoms with Gasteiger partial charge in [0.2, 0.25) is 0 Å². The molecule has 1 heterocycles. The van der Waals surface area contributed by atoms with Crippen molar-refractivity contribution >= 4 is 29.5 Å². The first-order valence-electron chi connectivity index (χ1n) is 9.38. The monoisotopic (exact) mass is 407 g/mol. The second kappa shape index (κ2) is 8.74. The number of rotatable bonds is 5. The van der Waals surface area contributed by atoms with Crippen LogP contribution in [0.4, 0.5) is 0 Å². The van der Waals surface area contributed by atoms with E-state index in [1.54, 1.807) is 11.3 Å². The molecule has 2 N–H and O–H groups in total.